The van der Waals surface area contributed by atoms with E-state index in [4.69, 9.17) is 0 Å². The Kier molecular flexibility index (Phi) is 3.31. The molecular weight excluding hydrogens is 298 g/mol. The molecule has 0 saturated carbocycles. The van der Waals surface area contributed by atoms with Crippen molar-refractivity contribution in [2.45, 2.75) is 26.7 Å². The molecule has 1 N–H and O–H groups in total. The van der Waals surface area contributed by atoms with Gasteiger partial charge in [0.05, 0.1) is 12.4 Å². The third-order valence-electron chi connectivity index (χ3n) is 4.42. The molecule has 0 radical (unpaired) electrons. The van der Waals surface area contributed by atoms with E-state index < -0.39 is 0 Å². The van der Waals surface area contributed by atoms with Crippen molar-refractivity contribution >= 4 is 16.7 Å². The van der Waals surface area contributed by atoms with E-state index in [1.54, 1.807) is 6.20 Å². The summed E-state index contributed by atoms with van der Waals surface area (Å²) in [7, 11) is 0. The zero-order valence-electron chi connectivity index (χ0n) is 13.7. The van der Waals surface area contributed by atoms with Gasteiger partial charge >= 0.3 is 0 Å². The summed E-state index contributed by atoms with van der Waals surface area (Å²) in [6.45, 7) is 4.12. The first-order valence-electron chi connectivity index (χ1n) is 8.13. The quantitative estimate of drug-likeness (QED) is 0.590. The zero-order valence-corrected chi connectivity index (χ0v) is 13.7. The van der Waals surface area contributed by atoms with E-state index in [0.29, 0.717) is 0 Å². The van der Waals surface area contributed by atoms with E-state index in [-0.39, 0.29) is 0 Å². The molecule has 4 aromatic rings. The van der Waals surface area contributed by atoms with Crippen LogP contribution in [-0.4, -0.2) is 14.5 Å². The molecular formula is C19H18N5+. The van der Waals surface area contributed by atoms with Crippen LogP contribution in [-0.2, 0) is 6.42 Å². The Hall–Kier alpha value is -3.13. The first-order chi connectivity index (χ1) is 11.7. The van der Waals surface area contributed by atoms with Crippen molar-refractivity contribution in [1.82, 2.24) is 14.5 Å². The molecule has 0 amide bonds. The van der Waals surface area contributed by atoms with E-state index in [1.165, 1.54) is 0 Å². The maximum Gasteiger partial charge on any atom is 0.250 e. The highest BCUT2D eigenvalue weighted by Gasteiger charge is 2.23. The number of aryl methyl sites for hydroxylation is 2. The van der Waals surface area contributed by atoms with Gasteiger partial charge in [0, 0.05) is 13.0 Å². The minimum Gasteiger partial charge on any atom is -0.269 e. The predicted molar refractivity (Wildman–Crippen MR) is 92.0 cm³/mol. The molecule has 5 nitrogen and oxygen atoms in total. The Morgan fingerprint density at radius 3 is 2.88 bits per heavy atom. The first kappa shape index (κ1) is 14.5. The average molecular weight is 316 g/mol. The summed E-state index contributed by atoms with van der Waals surface area (Å²) >= 11 is 0. The fourth-order valence-electron chi connectivity index (χ4n) is 3.32. The van der Waals surface area contributed by atoms with Crippen molar-refractivity contribution in [2.75, 3.05) is 0 Å². The van der Waals surface area contributed by atoms with Crippen molar-refractivity contribution in [3.63, 3.8) is 0 Å². The molecule has 0 saturated heterocycles. The van der Waals surface area contributed by atoms with Gasteiger partial charge in [0.15, 0.2) is 5.82 Å². The summed E-state index contributed by atoms with van der Waals surface area (Å²) in [6.07, 6.45) is 5.62. The van der Waals surface area contributed by atoms with Crippen LogP contribution in [0.15, 0.2) is 42.7 Å². The van der Waals surface area contributed by atoms with Gasteiger partial charge in [0.25, 0.3) is 0 Å². The molecule has 118 valence electrons. The lowest BCUT2D eigenvalue weighted by molar-refractivity contribution is -0.475. The van der Waals surface area contributed by atoms with E-state index in [9.17, 15) is 5.26 Å². The van der Waals surface area contributed by atoms with Crippen LogP contribution in [0.1, 0.15) is 30.3 Å². The second-order valence-corrected chi connectivity index (χ2v) is 5.94. The second-order valence-electron chi connectivity index (χ2n) is 5.94. The summed E-state index contributed by atoms with van der Waals surface area (Å²) in [5.41, 5.74) is 4.69. The van der Waals surface area contributed by atoms with Gasteiger partial charge in [0.1, 0.15) is 22.7 Å². The van der Waals surface area contributed by atoms with Gasteiger partial charge in [-0.2, -0.15) is 9.66 Å². The van der Waals surface area contributed by atoms with Crippen molar-refractivity contribution < 1.29 is 4.40 Å². The SMILES string of the molecule is CCCc1cc(-n2ccnc2C)[n+]2c([nH]c3ccccc32)c1C#N. The molecule has 0 aliphatic carbocycles. The standard InChI is InChI=1S/C19H17N5/c1-3-6-14-11-18(23-10-9-21-13(23)2)24-17-8-5-4-7-16(17)22-19(24)15(14)12-20/h4-5,7-11H,3,6H2,1-2H3/p+1. The molecule has 0 unspecified atom stereocenters. The summed E-state index contributed by atoms with van der Waals surface area (Å²) in [5.74, 6) is 1.92. The molecule has 24 heavy (non-hydrogen) atoms. The van der Waals surface area contributed by atoms with Crippen molar-refractivity contribution in [2.24, 2.45) is 0 Å². The van der Waals surface area contributed by atoms with Crippen LogP contribution in [0.3, 0.4) is 0 Å². The fourth-order valence-corrected chi connectivity index (χ4v) is 3.32. The van der Waals surface area contributed by atoms with E-state index in [1.807, 2.05) is 31.3 Å². The summed E-state index contributed by atoms with van der Waals surface area (Å²) < 4.78 is 4.18. The highest BCUT2D eigenvalue weighted by molar-refractivity contribution is 5.76. The Bertz CT molecular complexity index is 1090. The topological polar surface area (TPSA) is 61.5 Å². The number of benzene rings is 1. The van der Waals surface area contributed by atoms with Gasteiger partial charge in [-0.05, 0) is 24.1 Å². The molecule has 0 spiro atoms. The van der Waals surface area contributed by atoms with Crippen LogP contribution in [0.5, 0.6) is 0 Å². The number of rotatable bonds is 3. The minimum absolute atomic E-state index is 0.717. The Morgan fingerprint density at radius 2 is 2.17 bits per heavy atom. The molecule has 0 aliphatic heterocycles. The monoisotopic (exact) mass is 316 g/mol. The number of aromatic amines is 1. The van der Waals surface area contributed by atoms with Gasteiger partial charge in [-0.25, -0.2) is 9.55 Å². The Labute approximate surface area is 139 Å². The van der Waals surface area contributed by atoms with Crippen LogP contribution in [0.4, 0.5) is 0 Å². The van der Waals surface area contributed by atoms with Crippen molar-refractivity contribution in [3.8, 4) is 11.9 Å². The zero-order chi connectivity index (χ0) is 16.7. The van der Waals surface area contributed by atoms with Crippen molar-refractivity contribution in [1.29, 1.82) is 5.26 Å². The number of pyridine rings is 1. The maximum atomic E-state index is 9.74. The van der Waals surface area contributed by atoms with Gasteiger partial charge in [-0.3, -0.25) is 4.98 Å². The average Bonchev–Trinajstić information content (AvgIpc) is 3.18. The molecule has 1 aromatic carbocycles. The Balaban J connectivity index is 2.21. The van der Waals surface area contributed by atoms with Crippen LogP contribution in [0.25, 0.3) is 22.5 Å². The van der Waals surface area contributed by atoms with Gasteiger partial charge in [0.2, 0.25) is 11.5 Å². The highest BCUT2D eigenvalue weighted by Crippen LogP contribution is 2.21. The number of hydrogen-bond acceptors (Lipinski definition) is 2. The highest BCUT2D eigenvalue weighted by atomic mass is 15.2. The number of nitriles is 1. The second kappa shape index (κ2) is 5.50. The summed E-state index contributed by atoms with van der Waals surface area (Å²) in [4.78, 5) is 7.78. The lowest BCUT2D eigenvalue weighted by Crippen LogP contribution is -2.29. The minimum atomic E-state index is 0.717. The molecule has 0 aliphatic rings. The lowest BCUT2D eigenvalue weighted by atomic mass is 10.1. The number of aromatic nitrogens is 4. The molecule has 0 atom stereocenters. The van der Waals surface area contributed by atoms with Gasteiger partial charge < -0.3 is 0 Å². The molecule has 0 bridgehead atoms. The normalized spacial score (nSPS) is 11.2. The van der Waals surface area contributed by atoms with E-state index in [0.717, 1.165) is 52.3 Å². The predicted octanol–water partition coefficient (Wildman–Crippen LogP) is 3.22. The van der Waals surface area contributed by atoms with Crippen LogP contribution < -0.4 is 4.40 Å². The lowest BCUT2D eigenvalue weighted by Gasteiger charge is -2.08. The Morgan fingerprint density at radius 1 is 1.33 bits per heavy atom. The molecule has 3 aromatic heterocycles. The molecule has 0 fully saturated rings. The van der Waals surface area contributed by atoms with Crippen molar-refractivity contribution in [3.05, 3.63) is 59.7 Å². The smallest absolute Gasteiger partial charge is 0.250 e. The number of nitrogens with zero attached hydrogens (tertiary/aromatic N) is 4. The fraction of sp³-hybridized carbons (Fsp3) is 0.211. The van der Waals surface area contributed by atoms with Crippen LogP contribution >= 0.6 is 0 Å². The number of fused-ring (bicyclic) bond motifs is 3. The third-order valence-corrected chi connectivity index (χ3v) is 4.42. The summed E-state index contributed by atoms with van der Waals surface area (Å²) in [6, 6.07) is 12.6. The summed E-state index contributed by atoms with van der Waals surface area (Å²) in [5, 5.41) is 9.74. The number of nitrogens with one attached hydrogen (secondary N) is 1. The number of para-hydroxylation sites is 2. The maximum absolute atomic E-state index is 9.74. The van der Waals surface area contributed by atoms with Gasteiger partial charge in [-0.1, -0.05) is 25.5 Å². The largest absolute Gasteiger partial charge is 0.269 e. The van der Waals surface area contributed by atoms with E-state index >= 15 is 0 Å². The van der Waals surface area contributed by atoms with Crippen LogP contribution in [0, 0.1) is 18.3 Å². The molecule has 4 rings (SSSR count). The molecule has 5 heteroatoms. The number of imidazole rings is 2. The molecule has 3 heterocycles. The number of H-pyrrole nitrogens is 1. The number of hydrogen-bond donors (Lipinski definition) is 1. The third kappa shape index (κ3) is 2.00. The van der Waals surface area contributed by atoms with Crippen LogP contribution in [0.2, 0.25) is 0 Å². The first-order valence-corrected chi connectivity index (χ1v) is 8.13. The van der Waals surface area contributed by atoms with E-state index in [2.05, 4.69) is 44.1 Å². The van der Waals surface area contributed by atoms with Gasteiger partial charge in [-0.15, -0.1) is 0 Å².